The van der Waals surface area contributed by atoms with Crippen molar-refractivity contribution < 1.29 is 5.11 Å². The van der Waals surface area contributed by atoms with Crippen LogP contribution in [0.2, 0.25) is 0 Å². The number of allylic oxidation sites excluding steroid dienone is 2. The van der Waals surface area contributed by atoms with E-state index in [1.807, 2.05) is 0 Å². The first-order valence-corrected chi connectivity index (χ1v) is 10.5. The number of benzene rings is 1. The molecule has 140 valence electrons. The summed E-state index contributed by atoms with van der Waals surface area (Å²) in [5.41, 5.74) is 2.39. The van der Waals surface area contributed by atoms with Crippen LogP contribution >= 0.6 is 0 Å². The zero-order valence-electron chi connectivity index (χ0n) is 16.6. The Morgan fingerprint density at radius 2 is 1.72 bits per heavy atom. The van der Waals surface area contributed by atoms with Crippen molar-refractivity contribution in [2.45, 2.75) is 97.0 Å². The van der Waals surface area contributed by atoms with Crippen LogP contribution in [0.25, 0.3) is 0 Å². The molecule has 1 nitrogen and oxygen atoms in total. The summed E-state index contributed by atoms with van der Waals surface area (Å²) in [6, 6.07) is 8.82. The summed E-state index contributed by atoms with van der Waals surface area (Å²) in [5.74, 6) is 0.735. The Kier molecular flexibility index (Phi) is 8.22. The van der Waals surface area contributed by atoms with E-state index in [4.69, 9.17) is 0 Å². The third kappa shape index (κ3) is 6.29. The summed E-state index contributed by atoms with van der Waals surface area (Å²) < 4.78 is 0. The molecule has 2 rings (SSSR count). The molecule has 1 aliphatic carbocycles. The van der Waals surface area contributed by atoms with Gasteiger partial charge in [0.15, 0.2) is 0 Å². The molecule has 0 aliphatic heterocycles. The lowest BCUT2D eigenvalue weighted by atomic mass is 9.78. The molecule has 1 N–H and O–H groups in total. The van der Waals surface area contributed by atoms with Gasteiger partial charge in [0.25, 0.3) is 0 Å². The highest BCUT2D eigenvalue weighted by molar-refractivity contribution is 5.28. The van der Waals surface area contributed by atoms with E-state index in [0.717, 1.165) is 24.3 Å². The lowest BCUT2D eigenvalue weighted by molar-refractivity contribution is 0.0513. The summed E-state index contributed by atoms with van der Waals surface area (Å²) in [4.78, 5) is 0. The molecule has 0 amide bonds. The normalized spacial score (nSPS) is 17.9. The first kappa shape index (κ1) is 20.2. The Bertz CT molecular complexity index is 505. The molecule has 0 aromatic heterocycles. The van der Waals surface area contributed by atoms with Crippen molar-refractivity contribution in [2.24, 2.45) is 5.41 Å². The van der Waals surface area contributed by atoms with Gasteiger partial charge in [-0.2, -0.15) is 0 Å². The van der Waals surface area contributed by atoms with Gasteiger partial charge in [-0.05, 0) is 54.6 Å². The van der Waals surface area contributed by atoms with Crippen molar-refractivity contribution in [3.63, 3.8) is 0 Å². The standard InChI is InChI=1S/C24H38O/c1-4-5-6-7-8-12-19-24(2,3)23(25)22-17-15-21(16-18-22)20-13-10-9-11-14-20/h8,12,15-18,20,23,25H,4-7,9-11,13-14,19H2,1-3H3/b12-8+. The second-order valence-electron chi connectivity index (χ2n) is 8.56. The maximum atomic E-state index is 10.9. The van der Waals surface area contributed by atoms with Gasteiger partial charge in [-0.3, -0.25) is 0 Å². The fourth-order valence-corrected chi connectivity index (χ4v) is 3.97. The van der Waals surface area contributed by atoms with Crippen molar-refractivity contribution in [1.29, 1.82) is 0 Å². The summed E-state index contributed by atoms with van der Waals surface area (Å²) in [7, 11) is 0. The molecule has 1 aromatic rings. The van der Waals surface area contributed by atoms with Gasteiger partial charge in [0.2, 0.25) is 0 Å². The van der Waals surface area contributed by atoms with Crippen molar-refractivity contribution in [3.05, 3.63) is 47.5 Å². The predicted molar refractivity (Wildman–Crippen MR) is 109 cm³/mol. The molecule has 0 spiro atoms. The molecular formula is C24H38O. The van der Waals surface area contributed by atoms with Gasteiger partial charge in [-0.25, -0.2) is 0 Å². The third-order valence-electron chi connectivity index (χ3n) is 5.85. The van der Waals surface area contributed by atoms with Crippen molar-refractivity contribution in [1.82, 2.24) is 0 Å². The Hall–Kier alpha value is -1.08. The lowest BCUT2D eigenvalue weighted by Gasteiger charge is -2.30. The Labute approximate surface area is 155 Å². The van der Waals surface area contributed by atoms with Crippen molar-refractivity contribution in [3.8, 4) is 0 Å². The number of rotatable bonds is 9. The van der Waals surface area contributed by atoms with Gasteiger partial charge in [0.1, 0.15) is 0 Å². The molecule has 1 unspecified atom stereocenters. The molecule has 1 fully saturated rings. The van der Waals surface area contributed by atoms with Crippen LogP contribution in [0.15, 0.2) is 36.4 Å². The van der Waals surface area contributed by atoms with E-state index in [1.165, 1.54) is 56.9 Å². The maximum Gasteiger partial charge on any atom is 0.0843 e. The second-order valence-corrected chi connectivity index (χ2v) is 8.56. The molecule has 1 aliphatic rings. The van der Waals surface area contributed by atoms with Crippen molar-refractivity contribution >= 4 is 0 Å². The predicted octanol–water partition coefficient (Wildman–Crippen LogP) is 7.32. The summed E-state index contributed by atoms with van der Waals surface area (Å²) >= 11 is 0. The SMILES string of the molecule is CCCCC/C=C/CC(C)(C)C(O)c1ccc(C2CCCCC2)cc1. The van der Waals surface area contributed by atoms with Gasteiger partial charge in [-0.1, -0.05) is 89.3 Å². The highest BCUT2D eigenvalue weighted by Crippen LogP contribution is 2.38. The number of aliphatic hydroxyl groups excluding tert-OH is 1. The fourth-order valence-electron chi connectivity index (χ4n) is 3.97. The minimum absolute atomic E-state index is 0.131. The van der Waals surface area contributed by atoms with E-state index in [9.17, 15) is 5.11 Å². The van der Waals surface area contributed by atoms with E-state index in [1.54, 1.807) is 0 Å². The van der Waals surface area contributed by atoms with Crippen LogP contribution in [-0.2, 0) is 0 Å². The summed E-state index contributed by atoms with van der Waals surface area (Å²) in [6.45, 7) is 6.58. The zero-order chi connectivity index (χ0) is 18.1. The average Bonchev–Trinajstić information content (AvgIpc) is 2.65. The topological polar surface area (TPSA) is 20.2 Å². The van der Waals surface area contributed by atoms with Crippen molar-refractivity contribution in [2.75, 3.05) is 0 Å². The minimum atomic E-state index is -0.409. The van der Waals surface area contributed by atoms with Gasteiger partial charge in [0, 0.05) is 0 Å². The second kappa shape index (κ2) is 10.2. The Balaban J connectivity index is 1.90. The van der Waals surface area contributed by atoms with Gasteiger partial charge in [0.05, 0.1) is 6.10 Å². The van der Waals surface area contributed by atoms with E-state index in [2.05, 4.69) is 57.2 Å². The Morgan fingerprint density at radius 3 is 2.36 bits per heavy atom. The van der Waals surface area contributed by atoms with Gasteiger partial charge < -0.3 is 5.11 Å². The Morgan fingerprint density at radius 1 is 1.04 bits per heavy atom. The van der Waals surface area contributed by atoms with Crippen LogP contribution in [0, 0.1) is 5.41 Å². The molecule has 0 heterocycles. The number of unbranched alkanes of at least 4 members (excludes halogenated alkanes) is 3. The number of hydrogen-bond donors (Lipinski definition) is 1. The molecule has 0 radical (unpaired) electrons. The van der Waals surface area contributed by atoms with Crippen LogP contribution in [-0.4, -0.2) is 5.11 Å². The van der Waals surface area contributed by atoms with Crippen LogP contribution < -0.4 is 0 Å². The van der Waals surface area contributed by atoms with Crippen LogP contribution in [0.1, 0.15) is 108 Å². The quantitative estimate of drug-likeness (QED) is 0.368. The molecular weight excluding hydrogens is 304 g/mol. The van der Waals surface area contributed by atoms with E-state index < -0.39 is 6.10 Å². The molecule has 1 saturated carbocycles. The number of hydrogen-bond acceptors (Lipinski definition) is 1. The molecule has 1 aromatic carbocycles. The lowest BCUT2D eigenvalue weighted by Crippen LogP contribution is -2.21. The fraction of sp³-hybridized carbons (Fsp3) is 0.667. The summed E-state index contributed by atoms with van der Waals surface area (Å²) in [6.07, 6.45) is 16.9. The first-order valence-electron chi connectivity index (χ1n) is 10.5. The van der Waals surface area contributed by atoms with E-state index in [0.29, 0.717) is 0 Å². The highest BCUT2D eigenvalue weighted by Gasteiger charge is 2.28. The van der Waals surface area contributed by atoms with Crippen LogP contribution in [0.4, 0.5) is 0 Å². The molecule has 25 heavy (non-hydrogen) atoms. The third-order valence-corrected chi connectivity index (χ3v) is 5.85. The minimum Gasteiger partial charge on any atom is -0.388 e. The molecule has 1 heteroatoms. The average molecular weight is 343 g/mol. The largest absolute Gasteiger partial charge is 0.388 e. The maximum absolute atomic E-state index is 10.9. The highest BCUT2D eigenvalue weighted by atomic mass is 16.3. The zero-order valence-corrected chi connectivity index (χ0v) is 16.6. The molecule has 0 bridgehead atoms. The van der Waals surface area contributed by atoms with E-state index >= 15 is 0 Å². The molecule has 0 saturated heterocycles. The van der Waals surface area contributed by atoms with E-state index in [-0.39, 0.29) is 5.41 Å². The summed E-state index contributed by atoms with van der Waals surface area (Å²) in [5, 5.41) is 10.9. The van der Waals surface area contributed by atoms with Crippen LogP contribution in [0.5, 0.6) is 0 Å². The van der Waals surface area contributed by atoms with Gasteiger partial charge in [-0.15, -0.1) is 0 Å². The monoisotopic (exact) mass is 342 g/mol. The van der Waals surface area contributed by atoms with Gasteiger partial charge >= 0.3 is 0 Å². The smallest absolute Gasteiger partial charge is 0.0843 e. The van der Waals surface area contributed by atoms with Crippen LogP contribution in [0.3, 0.4) is 0 Å². The molecule has 1 atom stereocenters. The number of aliphatic hydroxyl groups is 1. The first-order chi connectivity index (χ1) is 12.0.